The molecule has 16 heavy (non-hydrogen) atoms. The fourth-order valence-corrected chi connectivity index (χ4v) is 1.84. The zero-order valence-electron chi connectivity index (χ0n) is 8.75. The van der Waals surface area contributed by atoms with Crippen molar-refractivity contribution in [2.75, 3.05) is 6.54 Å². The molecule has 2 rings (SSSR count). The van der Waals surface area contributed by atoms with E-state index in [0.717, 1.165) is 10.7 Å². The summed E-state index contributed by atoms with van der Waals surface area (Å²) in [4.78, 5) is 8.33. The van der Waals surface area contributed by atoms with Crippen LogP contribution in [-0.4, -0.2) is 26.8 Å². The lowest BCUT2D eigenvalue weighted by Gasteiger charge is -1.97. The molecule has 0 aromatic carbocycles. The van der Waals surface area contributed by atoms with Crippen LogP contribution in [0.15, 0.2) is 9.90 Å². The summed E-state index contributed by atoms with van der Waals surface area (Å²) < 4.78 is 4.88. The zero-order valence-corrected chi connectivity index (χ0v) is 9.57. The van der Waals surface area contributed by atoms with Gasteiger partial charge in [0.05, 0.1) is 17.1 Å². The summed E-state index contributed by atoms with van der Waals surface area (Å²) >= 11 is 1.57. The number of hydrogen-bond acceptors (Lipinski definition) is 7. The van der Waals surface area contributed by atoms with Crippen LogP contribution in [-0.2, 0) is 6.42 Å². The van der Waals surface area contributed by atoms with E-state index >= 15 is 0 Å². The van der Waals surface area contributed by atoms with Crippen LogP contribution >= 0.6 is 11.3 Å². The lowest BCUT2D eigenvalue weighted by Crippen LogP contribution is -2.11. The Morgan fingerprint density at radius 1 is 1.56 bits per heavy atom. The van der Waals surface area contributed by atoms with Gasteiger partial charge in [-0.3, -0.25) is 0 Å². The first-order chi connectivity index (χ1) is 7.69. The van der Waals surface area contributed by atoms with E-state index in [1.165, 1.54) is 0 Å². The van der Waals surface area contributed by atoms with Gasteiger partial charge in [0.15, 0.2) is 5.82 Å². The molecule has 0 aliphatic carbocycles. The molecule has 0 fully saturated rings. The lowest BCUT2D eigenvalue weighted by molar-refractivity contribution is 0.141. The number of nitrogens with two attached hydrogens (primary N) is 1. The molecule has 7 heteroatoms. The Labute approximate surface area is 96.1 Å². The third-order valence-corrected chi connectivity index (χ3v) is 2.82. The number of thiazole rings is 1. The van der Waals surface area contributed by atoms with Crippen LogP contribution in [0.2, 0.25) is 0 Å². The van der Waals surface area contributed by atoms with E-state index in [0.29, 0.717) is 12.2 Å². The van der Waals surface area contributed by atoms with E-state index in [-0.39, 0.29) is 12.4 Å². The van der Waals surface area contributed by atoms with Gasteiger partial charge >= 0.3 is 0 Å². The maximum absolute atomic E-state index is 9.38. The summed E-state index contributed by atoms with van der Waals surface area (Å²) in [6.07, 6.45) is -0.385. The Kier molecular flexibility index (Phi) is 3.28. The molecule has 0 saturated carbocycles. The normalized spacial score (nSPS) is 12.9. The number of rotatable bonds is 4. The molecule has 0 radical (unpaired) electrons. The van der Waals surface area contributed by atoms with Crippen LogP contribution in [0.1, 0.15) is 28.5 Å². The Hall–Kier alpha value is -1.31. The molecule has 6 nitrogen and oxygen atoms in total. The number of aryl methyl sites for hydroxylation is 1. The van der Waals surface area contributed by atoms with Gasteiger partial charge in [-0.2, -0.15) is 4.98 Å². The summed E-state index contributed by atoms with van der Waals surface area (Å²) in [5.74, 6) is 0.664. The summed E-state index contributed by atoms with van der Waals surface area (Å²) in [5, 5.41) is 16.1. The standard InChI is InChI=1S/C9H12N4O2S/c1-5-11-6(4-16-5)2-8-12-9(15-13-8)7(14)3-10/h4,7,14H,2-3,10H2,1H3/t7-/m0/s1. The second-order valence-corrected chi connectivity index (χ2v) is 4.40. The van der Waals surface area contributed by atoms with Gasteiger partial charge in [0.2, 0.25) is 0 Å². The van der Waals surface area contributed by atoms with Crippen molar-refractivity contribution in [2.45, 2.75) is 19.4 Å². The first-order valence-corrected chi connectivity index (χ1v) is 5.68. The van der Waals surface area contributed by atoms with Crippen LogP contribution in [0.5, 0.6) is 0 Å². The van der Waals surface area contributed by atoms with Crippen LogP contribution in [0, 0.1) is 6.92 Å². The van der Waals surface area contributed by atoms with Crippen LogP contribution in [0.4, 0.5) is 0 Å². The van der Waals surface area contributed by atoms with Crippen LogP contribution in [0.25, 0.3) is 0 Å². The molecule has 0 unspecified atom stereocenters. The summed E-state index contributed by atoms with van der Waals surface area (Å²) in [6, 6.07) is 0. The predicted octanol–water partition coefficient (Wildman–Crippen LogP) is 0.417. The average molecular weight is 240 g/mol. The summed E-state index contributed by atoms with van der Waals surface area (Å²) in [5.41, 5.74) is 6.18. The predicted molar refractivity (Wildman–Crippen MR) is 58.0 cm³/mol. The number of nitrogens with zero attached hydrogens (tertiary/aromatic N) is 3. The molecule has 0 bridgehead atoms. The Balaban J connectivity index is 2.08. The van der Waals surface area contributed by atoms with Crippen molar-refractivity contribution >= 4 is 11.3 Å². The molecule has 0 aliphatic heterocycles. The van der Waals surface area contributed by atoms with Gasteiger partial charge < -0.3 is 15.4 Å². The van der Waals surface area contributed by atoms with Gasteiger partial charge in [-0.1, -0.05) is 5.16 Å². The summed E-state index contributed by atoms with van der Waals surface area (Å²) in [6.45, 7) is 2.01. The van der Waals surface area contributed by atoms with Gasteiger partial charge in [0.25, 0.3) is 5.89 Å². The highest BCUT2D eigenvalue weighted by Crippen LogP contribution is 2.13. The SMILES string of the molecule is Cc1nc(Cc2noc([C@@H](O)CN)n2)cs1. The van der Waals surface area contributed by atoms with Crippen LogP contribution in [0.3, 0.4) is 0 Å². The number of aromatic nitrogens is 3. The molecule has 2 heterocycles. The fraction of sp³-hybridized carbons (Fsp3) is 0.444. The van der Waals surface area contributed by atoms with Crippen molar-refractivity contribution in [2.24, 2.45) is 5.73 Å². The smallest absolute Gasteiger partial charge is 0.256 e. The quantitative estimate of drug-likeness (QED) is 0.803. The second-order valence-electron chi connectivity index (χ2n) is 3.33. The lowest BCUT2D eigenvalue weighted by atomic mass is 10.3. The number of aliphatic hydroxyl groups excluding tert-OH is 1. The highest BCUT2D eigenvalue weighted by molar-refractivity contribution is 7.09. The van der Waals surface area contributed by atoms with Crippen molar-refractivity contribution in [3.63, 3.8) is 0 Å². The van der Waals surface area contributed by atoms with Crippen LogP contribution < -0.4 is 5.73 Å². The monoisotopic (exact) mass is 240 g/mol. The van der Waals surface area contributed by atoms with Gasteiger partial charge in [-0.25, -0.2) is 4.98 Å². The highest BCUT2D eigenvalue weighted by Gasteiger charge is 2.14. The Morgan fingerprint density at radius 3 is 3.00 bits per heavy atom. The first kappa shape index (κ1) is 11.2. The van der Waals surface area contributed by atoms with Crippen molar-refractivity contribution in [3.05, 3.63) is 27.8 Å². The van der Waals surface area contributed by atoms with Crippen molar-refractivity contribution < 1.29 is 9.63 Å². The fourth-order valence-electron chi connectivity index (χ4n) is 1.23. The molecule has 0 aliphatic rings. The molecular weight excluding hydrogens is 228 g/mol. The topological polar surface area (TPSA) is 98.1 Å². The molecule has 0 spiro atoms. The molecule has 86 valence electrons. The second kappa shape index (κ2) is 4.69. The molecule has 2 aromatic heterocycles. The molecule has 2 aromatic rings. The maximum atomic E-state index is 9.38. The molecule has 3 N–H and O–H groups in total. The third-order valence-electron chi connectivity index (χ3n) is 2.00. The number of aliphatic hydroxyl groups is 1. The minimum Gasteiger partial charge on any atom is -0.382 e. The zero-order chi connectivity index (χ0) is 11.5. The van der Waals surface area contributed by atoms with Gasteiger partial charge in [-0.05, 0) is 6.92 Å². The van der Waals surface area contributed by atoms with Gasteiger partial charge in [0.1, 0.15) is 6.10 Å². The largest absolute Gasteiger partial charge is 0.382 e. The number of hydrogen-bond donors (Lipinski definition) is 2. The minimum atomic E-state index is -0.890. The van der Waals surface area contributed by atoms with E-state index in [4.69, 9.17) is 10.3 Å². The van der Waals surface area contributed by atoms with E-state index < -0.39 is 6.10 Å². The minimum absolute atomic E-state index is 0.0669. The maximum Gasteiger partial charge on any atom is 0.256 e. The van der Waals surface area contributed by atoms with E-state index in [9.17, 15) is 5.11 Å². The summed E-state index contributed by atoms with van der Waals surface area (Å²) in [7, 11) is 0. The van der Waals surface area contributed by atoms with E-state index in [2.05, 4.69) is 15.1 Å². The molecule has 0 amide bonds. The first-order valence-electron chi connectivity index (χ1n) is 4.80. The van der Waals surface area contributed by atoms with Crippen molar-refractivity contribution in [1.82, 2.24) is 15.1 Å². The molecular formula is C9H12N4O2S. The van der Waals surface area contributed by atoms with E-state index in [1.54, 1.807) is 11.3 Å². The van der Waals surface area contributed by atoms with Gasteiger partial charge in [-0.15, -0.1) is 11.3 Å². The molecule has 0 saturated heterocycles. The van der Waals surface area contributed by atoms with Crippen molar-refractivity contribution in [1.29, 1.82) is 0 Å². The van der Waals surface area contributed by atoms with Crippen molar-refractivity contribution in [3.8, 4) is 0 Å². The average Bonchev–Trinajstić information content (AvgIpc) is 2.87. The Morgan fingerprint density at radius 2 is 2.38 bits per heavy atom. The Bertz CT molecular complexity index is 468. The van der Waals surface area contributed by atoms with Gasteiger partial charge in [0, 0.05) is 11.9 Å². The third kappa shape index (κ3) is 2.43. The molecule has 1 atom stereocenters. The highest BCUT2D eigenvalue weighted by atomic mass is 32.1. The van der Waals surface area contributed by atoms with E-state index in [1.807, 2.05) is 12.3 Å².